The third kappa shape index (κ3) is 2.68. The SMILES string of the molecule is N#Cc1cnn(-c2cccc(Cl)c2)c1Nc1cncnc1. The zero-order chi connectivity index (χ0) is 14.7. The van der Waals surface area contributed by atoms with Crippen molar-refractivity contribution in [3.8, 4) is 11.8 Å². The number of nitrogens with one attached hydrogen (secondary N) is 1. The molecule has 0 fully saturated rings. The van der Waals surface area contributed by atoms with Gasteiger partial charge in [-0.3, -0.25) is 0 Å². The van der Waals surface area contributed by atoms with Gasteiger partial charge in [-0.1, -0.05) is 17.7 Å². The summed E-state index contributed by atoms with van der Waals surface area (Å²) in [6, 6.07) is 9.32. The maximum absolute atomic E-state index is 9.21. The van der Waals surface area contributed by atoms with Gasteiger partial charge in [-0.05, 0) is 18.2 Å². The molecule has 0 unspecified atom stereocenters. The molecule has 3 rings (SSSR count). The van der Waals surface area contributed by atoms with Crippen LogP contribution in [0, 0.1) is 11.3 Å². The third-order valence-electron chi connectivity index (χ3n) is 2.77. The average molecular weight is 297 g/mol. The predicted molar refractivity (Wildman–Crippen MR) is 78.6 cm³/mol. The molecule has 21 heavy (non-hydrogen) atoms. The monoisotopic (exact) mass is 296 g/mol. The Morgan fingerprint density at radius 2 is 2.00 bits per heavy atom. The number of aromatic nitrogens is 4. The zero-order valence-corrected chi connectivity index (χ0v) is 11.5. The molecule has 0 aliphatic heterocycles. The molecule has 2 heterocycles. The molecule has 0 spiro atoms. The lowest BCUT2D eigenvalue weighted by molar-refractivity contribution is 0.887. The molecule has 0 amide bonds. The van der Waals surface area contributed by atoms with E-state index in [4.69, 9.17) is 11.6 Å². The van der Waals surface area contributed by atoms with Crippen LogP contribution in [0.5, 0.6) is 0 Å². The normalized spacial score (nSPS) is 10.1. The predicted octanol–water partition coefficient (Wildman–Crippen LogP) is 2.93. The standard InChI is InChI=1S/C14H9ClN6/c15-11-2-1-3-13(4-11)21-14(10(5-16)6-19-21)20-12-7-17-9-18-8-12/h1-4,6-9,20H. The molecule has 0 radical (unpaired) electrons. The van der Waals surface area contributed by atoms with E-state index in [1.165, 1.54) is 12.5 Å². The molecule has 2 aromatic heterocycles. The lowest BCUT2D eigenvalue weighted by atomic mass is 10.3. The largest absolute Gasteiger partial charge is 0.336 e. The first-order valence-corrected chi connectivity index (χ1v) is 6.42. The fraction of sp³-hybridized carbons (Fsp3) is 0. The molecule has 0 saturated heterocycles. The van der Waals surface area contributed by atoms with E-state index in [1.807, 2.05) is 12.1 Å². The third-order valence-corrected chi connectivity index (χ3v) is 3.00. The first-order valence-electron chi connectivity index (χ1n) is 6.04. The number of nitrogens with zero attached hydrogens (tertiary/aromatic N) is 5. The lowest BCUT2D eigenvalue weighted by Gasteiger charge is -2.10. The van der Waals surface area contributed by atoms with E-state index in [9.17, 15) is 5.26 Å². The van der Waals surface area contributed by atoms with E-state index >= 15 is 0 Å². The van der Waals surface area contributed by atoms with Crippen molar-refractivity contribution < 1.29 is 0 Å². The zero-order valence-electron chi connectivity index (χ0n) is 10.7. The quantitative estimate of drug-likeness (QED) is 0.804. The summed E-state index contributed by atoms with van der Waals surface area (Å²) in [5.41, 5.74) is 1.83. The summed E-state index contributed by atoms with van der Waals surface area (Å²) in [6.45, 7) is 0. The molecule has 0 atom stereocenters. The fourth-order valence-electron chi connectivity index (χ4n) is 1.85. The van der Waals surface area contributed by atoms with E-state index in [2.05, 4.69) is 26.5 Å². The van der Waals surface area contributed by atoms with Gasteiger partial charge in [-0.2, -0.15) is 10.4 Å². The maximum Gasteiger partial charge on any atom is 0.152 e. The summed E-state index contributed by atoms with van der Waals surface area (Å²) in [7, 11) is 0. The van der Waals surface area contributed by atoms with Crippen molar-refractivity contribution in [3.05, 3.63) is 59.8 Å². The Hall–Kier alpha value is -2.91. The molecule has 0 aliphatic rings. The molecule has 1 N–H and O–H groups in total. The van der Waals surface area contributed by atoms with Crippen molar-refractivity contribution in [2.45, 2.75) is 0 Å². The Labute approximate surface area is 125 Å². The van der Waals surface area contributed by atoms with Gasteiger partial charge >= 0.3 is 0 Å². The van der Waals surface area contributed by atoms with Gasteiger partial charge in [-0.25, -0.2) is 14.6 Å². The number of anilines is 2. The van der Waals surface area contributed by atoms with E-state index < -0.39 is 0 Å². The summed E-state index contributed by atoms with van der Waals surface area (Å²) in [5.74, 6) is 0.537. The Morgan fingerprint density at radius 1 is 1.19 bits per heavy atom. The van der Waals surface area contributed by atoms with Crippen molar-refractivity contribution in [1.82, 2.24) is 19.7 Å². The molecule has 102 valence electrons. The molecule has 7 heteroatoms. The molecular formula is C14H9ClN6. The van der Waals surface area contributed by atoms with E-state index in [-0.39, 0.29) is 0 Å². The number of hydrogen-bond donors (Lipinski definition) is 1. The van der Waals surface area contributed by atoms with Crippen molar-refractivity contribution in [1.29, 1.82) is 5.26 Å². The van der Waals surface area contributed by atoms with Gasteiger partial charge in [0.2, 0.25) is 0 Å². The highest BCUT2D eigenvalue weighted by atomic mass is 35.5. The van der Waals surface area contributed by atoms with Gasteiger partial charge in [0.05, 0.1) is 30.0 Å². The van der Waals surface area contributed by atoms with Crippen LogP contribution in [0.4, 0.5) is 11.5 Å². The molecular weight excluding hydrogens is 288 g/mol. The van der Waals surface area contributed by atoms with E-state index in [0.29, 0.717) is 22.1 Å². The minimum atomic E-state index is 0.416. The molecule has 0 aliphatic carbocycles. The molecule has 0 saturated carbocycles. The number of rotatable bonds is 3. The van der Waals surface area contributed by atoms with Crippen LogP contribution >= 0.6 is 11.6 Å². The minimum Gasteiger partial charge on any atom is -0.336 e. The van der Waals surface area contributed by atoms with Gasteiger partial charge in [0, 0.05) is 5.02 Å². The van der Waals surface area contributed by atoms with Gasteiger partial charge in [0.25, 0.3) is 0 Å². The summed E-state index contributed by atoms with van der Waals surface area (Å²) in [5, 5.41) is 17.1. The second-order valence-electron chi connectivity index (χ2n) is 4.16. The summed E-state index contributed by atoms with van der Waals surface area (Å²) < 4.78 is 1.61. The lowest BCUT2D eigenvalue weighted by Crippen LogP contribution is -2.03. The van der Waals surface area contributed by atoms with Crippen molar-refractivity contribution in [3.63, 3.8) is 0 Å². The van der Waals surface area contributed by atoms with Gasteiger partial charge in [0.15, 0.2) is 5.82 Å². The first kappa shape index (κ1) is 13.1. The summed E-state index contributed by atoms with van der Waals surface area (Å²) in [4.78, 5) is 7.86. The maximum atomic E-state index is 9.21. The van der Waals surface area contributed by atoms with Gasteiger partial charge in [0.1, 0.15) is 18.0 Å². The highest BCUT2D eigenvalue weighted by Crippen LogP contribution is 2.24. The molecule has 3 aromatic rings. The Bertz CT molecular complexity index is 806. The first-order chi connectivity index (χ1) is 10.3. The second-order valence-corrected chi connectivity index (χ2v) is 4.60. The van der Waals surface area contributed by atoms with Crippen molar-refractivity contribution in [2.24, 2.45) is 0 Å². The number of benzene rings is 1. The Balaban J connectivity index is 2.07. The van der Waals surface area contributed by atoms with E-state index in [1.54, 1.807) is 29.2 Å². The fourth-order valence-corrected chi connectivity index (χ4v) is 2.04. The highest BCUT2D eigenvalue weighted by molar-refractivity contribution is 6.30. The van der Waals surface area contributed by atoms with Crippen LogP contribution in [-0.4, -0.2) is 19.7 Å². The minimum absolute atomic E-state index is 0.416. The van der Waals surface area contributed by atoms with Crippen LogP contribution < -0.4 is 5.32 Å². The smallest absolute Gasteiger partial charge is 0.152 e. The van der Waals surface area contributed by atoms with Crippen LogP contribution in [0.15, 0.2) is 49.2 Å². The van der Waals surface area contributed by atoms with Crippen LogP contribution in [-0.2, 0) is 0 Å². The molecule has 1 aromatic carbocycles. The van der Waals surface area contributed by atoms with Gasteiger partial charge in [-0.15, -0.1) is 0 Å². The number of nitriles is 1. The number of halogens is 1. The van der Waals surface area contributed by atoms with E-state index in [0.717, 1.165) is 5.69 Å². The Kier molecular flexibility index (Phi) is 3.50. The van der Waals surface area contributed by atoms with Gasteiger partial charge < -0.3 is 5.32 Å². The van der Waals surface area contributed by atoms with Crippen LogP contribution in [0.1, 0.15) is 5.56 Å². The Morgan fingerprint density at radius 3 is 2.71 bits per heavy atom. The van der Waals surface area contributed by atoms with Crippen LogP contribution in [0.25, 0.3) is 5.69 Å². The second kappa shape index (κ2) is 5.61. The van der Waals surface area contributed by atoms with Crippen LogP contribution in [0.3, 0.4) is 0 Å². The number of hydrogen-bond acceptors (Lipinski definition) is 5. The molecule has 6 nitrogen and oxygen atoms in total. The van der Waals surface area contributed by atoms with Crippen molar-refractivity contribution >= 4 is 23.1 Å². The highest BCUT2D eigenvalue weighted by Gasteiger charge is 2.12. The summed E-state index contributed by atoms with van der Waals surface area (Å²) in [6.07, 6.45) is 6.16. The summed E-state index contributed by atoms with van der Waals surface area (Å²) >= 11 is 6.00. The topological polar surface area (TPSA) is 79.4 Å². The molecule has 0 bridgehead atoms. The average Bonchev–Trinajstić information content (AvgIpc) is 2.91. The van der Waals surface area contributed by atoms with Crippen molar-refractivity contribution in [2.75, 3.05) is 5.32 Å². The van der Waals surface area contributed by atoms with Crippen LogP contribution in [0.2, 0.25) is 5.02 Å².